The molecule has 3 aromatic carbocycles. The molecule has 0 heterocycles. The van der Waals surface area contributed by atoms with Crippen molar-refractivity contribution in [3.05, 3.63) is 87.4 Å². The number of ether oxygens (including phenoxy) is 2. The molecule has 1 unspecified atom stereocenters. The lowest BCUT2D eigenvalue weighted by Gasteiger charge is -2.35. The maximum Gasteiger partial charge on any atom is 0.260 e. The third-order valence-electron chi connectivity index (χ3n) is 6.23. The lowest BCUT2D eigenvalue weighted by Crippen LogP contribution is -2.46. The fourth-order valence-corrected chi connectivity index (χ4v) is 5.04. The van der Waals surface area contributed by atoms with E-state index in [1.165, 1.54) is 0 Å². The Balaban J connectivity index is 1.46. The maximum absolute atomic E-state index is 13.2. The van der Waals surface area contributed by atoms with Crippen LogP contribution in [0.2, 0.25) is 10.0 Å². The van der Waals surface area contributed by atoms with Gasteiger partial charge in [-0.25, -0.2) is 0 Å². The average Bonchev–Trinajstić information content (AvgIpc) is 2.86. The first kappa shape index (κ1) is 25.2. The summed E-state index contributed by atoms with van der Waals surface area (Å²) in [5.41, 5.74) is 3.14. The Kier molecular flexibility index (Phi) is 8.42. The molecule has 1 N–H and O–H groups in total. The van der Waals surface area contributed by atoms with Gasteiger partial charge in [0.25, 0.3) is 5.91 Å². The second kappa shape index (κ2) is 11.7. The zero-order chi connectivity index (χ0) is 24.8. The number of phenols is 1. The van der Waals surface area contributed by atoms with Crippen LogP contribution in [0.25, 0.3) is 0 Å². The number of carbonyl (C=O) groups excluding carboxylic acids is 1. The van der Waals surface area contributed by atoms with E-state index in [-0.39, 0.29) is 24.3 Å². The molecule has 35 heavy (non-hydrogen) atoms. The van der Waals surface area contributed by atoms with E-state index in [0.717, 1.165) is 29.5 Å². The molecule has 1 aliphatic rings. The van der Waals surface area contributed by atoms with Gasteiger partial charge in [-0.15, -0.1) is 0 Å². The molecule has 5 nitrogen and oxygen atoms in total. The monoisotopic (exact) mass is 513 g/mol. The second-order valence-electron chi connectivity index (χ2n) is 8.65. The molecule has 1 amide bonds. The molecule has 4 rings (SSSR count). The summed E-state index contributed by atoms with van der Waals surface area (Å²) >= 11 is 12.4. The smallest absolute Gasteiger partial charge is 0.260 e. The van der Waals surface area contributed by atoms with E-state index in [1.54, 1.807) is 24.3 Å². The minimum absolute atomic E-state index is 0.0341. The fraction of sp³-hybridized carbons (Fsp3) is 0.321. The normalized spacial score (nSPS) is 14.8. The molecule has 0 spiro atoms. The van der Waals surface area contributed by atoms with E-state index in [1.807, 2.05) is 41.3 Å². The number of hydrogen-bond donors (Lipinski definition) is 1. The van der Waals surface area contributed by atoms with E-state index in [4.69, 9.17) is 32.7 Å². The number of nitrogens with zero attached hydrogens (tertiary/aromatic N) is 1. The van der Waals surface area contributed by atoms with E-state index in [2.05, 4.69) is 6.92 Å². The predicted octanol–water partition coefficient (Wildman–Crippen LogP) is 6.45. The zero-order valence-corrected chi connectivity index (χ0v) is 21.2. The molecule has 3 aromatic rings. The van der Waals surface area contributed by atoms with Gasteiger partial charge >= 0.3 is 0 Å². The molecule has 0 fully saturated rings. The Labute approximate surface area is 216 Å². The molecule has 1 aliphatic carbocycles. The van der Waals surface area contributed by atoms with E-state index >= 15 is 0 Å². The van der Waals surface area contributed by atoms with Crippen molar-refractivity contribution in [1.82, 2.24) is 4.90 Å². The van der Waals surface area contributed by atoms with Crippen LogP contribution in [0.4, 0.5) is 0 Å². The molecule has 1 atom stereocenters. The number of benzene rings is 3. The van der Waals surface area contributed by atoms with Crippen LogP contribution in [0.15, 0.2) is 60.7 Å². The van der Waals surface area contributed by atoms with Crippen LogP contribution in [0.5, 0.6) is 17.2 Å². The van der Waals surface area contributed by atoms with Gasteiger partial charge in [-0.3, -0.25) is 4.79 Å². The van der Waals surface area contributed by atoms with Crippen molar-refractivity contribution in [2.24, 2.45) is 0 Å². The topological polar surface area (TPSA) is 59.0 Å². The quantitative estimate of drug-likeness (QED) is 0.357. The first-order valence-corrected chi connectivity index (χ1v) is 12.6. The van der Waals surface area contributed by atoms with Gasteiger partial charge in [0.05, 0.1) is 10.0 Å². The second-order valence-corrected chi connectivity index (χ2v) is 9.46. The Bertz CT molecular complexity index is 1150. The number of aromatic hydroxyl groups is 1. The SMILES string of the molecule is CCCN(C(=O)COc1c(Cl)cccc1Cl)C1CCc2c(ccc(O)c2OCc2ccccc2)C1. The van der Waals surface area contributed by atoms with Crippen LogP contribution in [0.3, 0.4) is 0 Å². The Hall–Kier alpha value is -2.89. The third kappa shape index (κ3) is 6.03. The highest BCUT2D eigenvalue weighted by molar-refractivity contribution is 6.37. The average molecular weight is 514 g/mol. The summed E-state index contributed by atoms with van der Waals surface area (Å²) in [6, 6.07) is 18.6. The zero-order valence-electron chi connectivity index (χ0n) is 19.7. The highest BCUT2D eigenvalue weighted by Gasteiger charge is 2.30. The maximum atomic E-state index is 13.2. The summed E-state index contributed by atoms with van der Waals surface area (Å²) in [4.78, 5) is 15.1. The summed E-state index contributed by atoms with van der Waals surface area (Å²) in [6.45, 7) is 2.94. The van der Waals surface area contributed by atoms with Gasteiger partial charge in [0.15, 0.2) is 23.9 Å². The highest BCUT2D eigenvalue weighted by atomic mass is 35.5. The fourth-order valence-electron chi connectivity index (χ4n) is 4.53. The van der Waals surface area contributed by atoms with Crippen molar-refractivity contribution in [2.45, 2.75) is 45.3 Å². The summed E-state index contributed by atoms with van der Waals surface area (Å²) in [5, 5.41) is 11.2. The van der Waals surface area contributed by atoms with Crippen LogP contribution in [-0.2, 0) is 24.2 Å². The minimum atomic E-state index is -0.131. The van der Waals surface area contributed by atoms with Crippen molar-refractivity contribution < 1.29 is 19.4 Å². The van der Waals surface area contributed by atoms with Crippen molar-refractivity contribution >= 4 is 29.1 Å². The first-order chi connectivity index (χ1) is 17.0. The molecule has 0 radical (unpaired) electrons. The molecule has 0 aliphatic heterocycles. The van der Waals surface area contributed by atoms with Gasteiger partial charge in [-0.1, -0.05) is 72.6 Å². The number of amides is 1. The van der Waals surface area contributed by atoms with Gasteiger partial charge in [-0.05, 0) is 55.0 Å². The van der Waals surface area contributed by atoms with Crippen molar-refractivity contribution in [2.75, 3.05) is 13.2 Å². The summed E-state index contributed by atoms with van der Waals surface area (Å²) in [5.74, 6) is 0.903. The molecular formula is C28H29Cl2NO4. The van der Waals surface area contributed by atoms with E-state index in [0.29, 0.717) is 47.5 Å². The predicted molar refractivity (Wildman–Crippen MR) is 139 cm³/mol. The van der Waals surface area contributed by atoms with Gasteiger partial charge in [0, 0.05) is 18.2 Å². The lowest BCUT2D eigenvalue weighted by atomic mass is 9.86. The number of para-hydroxylation sites is 1. The Morgan fingerprint density at radius 3 is 2.46 bits per heavy atom. The number of carbonyl (C=O) groups is 1. The highest BCUT2D eigenvalue weighted by Crippen LogP contribution is 2.38. The first-order valence-electron chi connectivity index (χ1n) is 11.8. The third-order valence-corrected chi connectivity index (χ3v) is 6.83. The van der Waals surface area contributed by atoms with Gasteiger partial charge in [0.2, 0.25) is 0 Å². The van der Waals surface area contributed by atoms with E-state index in [9.17, 15) is 9.90 Å². The molecule has 0 saturated carbocycles. The molecule has 0 aromatic heterocycles. The van der Waals surface area contributed by atoms with Crippen molar-refractivity contribution in [1.29, 1.82) is 0 Å². The lowest BCUT2D eigenvalue weighted by molar-refractivity contribution is -0.136. The number of rotatable bonds is 9. The molecular weight excluding hydrogens is 485 g/mol. The number of phenolic OH excluding ortho intramolecular Hbond substituents is 1. The van der Waals surface area contributed by atoms with Crippen LogP contribution >= 0.6 is 23.2 Å². The standard InChI is InChI=1S/C28H29Cl2NO4/c1-2-15-31(26(33)18-35-28-23(29)9-6-10-24(28)30)21-12-13-22-20(16-21)11-14-25(32)27(22)34-17-19-7-4-3-5-8-19/h3-11,14,21,32H,2,12-13,15-18H2,1H3. The molecule has 0 bridgehead atoms. The van der Waals surface area contributed by atoms with Crippen molar-refractivity contribution in [3.8, 4) is 17.2 Å². The number of halogens is 2. The summed E-state index contributed by atoms with van der Waals surface area (Å²) in [7, 11) is 0. The van der Waals surface area contributed by atoms with Crippen LogP contribution < -0.4 is 9.47 Å². The summed E-state index contributed by atoms with van der Waals surface area (Å²) < 4.78 is 11.8. The molecule has 0 saturated heterocycles. The molecule has 7 heteroatoms. The van der Waals surface area contributed by atoms with Gasteiger partial charge in [-0.2, -0.15) is 0 Å². The largest absolute Gasteiger partial charge is 0.504 e. The van der Waals surface area contributed by atoms with Gasteiger partial charge < -0.3 is 19.5 Å². The number of fused-ring (bicyclic) bond motifs is 1. The minimum Gasteiger partial charge on any atom is -0.504 e. The van der Waals surface area contributed by atoms with E-state index < -0.39 is 0 Å². The Morgan fingerprint density at radius 2 is 1.74 bits per heavy atom. The van der Waals surface area contributed by atoms with Crippen LogP contribution in [-0.4, -0.2) is 35.1 Å². The molecule has 184 valence electrons. The van der Waals surface area contributed by atoms with Crippen molar-refractivity contribution in [3.63, 3.8) is 0 Å². The van der Waals surface area contributed by atoms with Gasteiger partial charge in [0.1, 0.15) is 6.61 Å². The summed E-state index contributed by atoms with van der Waals surface area (Å²) in [6.07, 6.45) is 3.01. The van der Waals surface area contributed by atoms with Crippen LogP contribution in [0, 0.1) is 0 Å². The Morgan fingerprint density at radius 1 is 1.00 bits per heavy atom. The number of hydrogen-bond acceptors (Lipinski definition) is 4. The van der Waals surface area contributed by atoms with Crippen LogP contribution in [0.1, 0.15) is 36.5 Å².